The Bertz CT molecular complexity index is 213. The quantitative estimate of drug-likeness (QED) is 0.717. The number of hydrogen-bond acceptors (Lipinski definition) is 2. The zero-order valence-corrected chi connectivity index (χ0v) is 9.68. The van der Waals surface area contributed by atoms with Crippen molar-refractivity contribution in [1.82, 2.24) is 10.6 Å². The van der Waals surface area contributed by atoms with E-state index in [9.17, 15) is 4.79 Å². The minimum atomic E-state index is -0.0705. The predicted molar refractivity (Wildman–Crippen MR) is 58.1 cm³/mol. The first kappa shape index (κ1) is 11.5. The number of likely N-dealkylation sites (N-methyl/N-ethyl adjacent to an activating group) is 1. The van der Waals surface area contributed by atoms with E-state index in [2.05, 4.69) is 24.5 Å². The van der Waals surface area contributed by atoms with E-state index in [1.54, 1.807) is 7.05 Å². The minimum Gasteiger partial charge on any atom is -0.358 e. The van der Waals surface area contributed by atoms with E-state index in [-0.39, 0.29) is 11.9 Å². The number of carbonyl (C=O) groups is 1. The highest BCUT2D eigenvalue weighted by Crippen LogP contribution is 2.36. The normalized spacial score (nSPS) is 27.3. The van der Waals surface area contributed by atoms with Gasteiger partial charge in [0, 0.05) is 13.1 Å². The first-order chi connectivity index (χ1) is 6.44. The Balaban J connectivity index is 2.36. The highest BCUT2D eigenvalue weighted by molar-refractivity contribution is 5.80. The van der Waals surface area contributed by atoms with Crippen molar-refractivity contribution in [3.05, 3.63) is 0 Å². The number of rotatable bonds is 3. The SMILES string of the molecule is CNC(=O)[C@@H](C)NC1CCC(C)(C)C1. The van der Waals surface area contributed by atoms with Crippen molar-refractivity contribution < 1.29 is 4.79 Å². The Kier molecular flexibility index (Phi) is 3.53. The molecular formula is C11H22N2O. The van der Waals surface area contributed by atoms with Crippen molar-refractivity contribution in [2.24, 2.45) is 5.41 Å². The number of carbonyl (C=O) groups excluding carboxylic acids is 1. The van der Waals surface area contributed by atoms with Crippen LogP contribution in [0.15, 0.2) is 0 Å². The average Bonchev–Trinajstić information content (AvgIpc) is 2.44. The minimum absolute atomic E-state index is 0.0705. The van der Waals surface area contributed by atoms with Gasteiger partial charge in [-0.1, -0.05) is 13.8 Å². The van der Waals surface area contributed by atoms with Crippen molar-refractivity contribution in [3.8, 4) is 0 Å². The lowest BCUT2D eigenvalue weighted by atomic mass is 9.92. The third-order valence-corrected chi connectivity index (χ3v) is 3.09. The molecule has 0 aromatic carbocycles. The van der Waals surface area contributed by atoms with E-state index in [1.807, 2.05) is 6.92 Å². The van der Waals surface area contributed by atoms with Crippen LogP contribution in [-0.4, -0.2) is 25.0 Å². The van der Waals surface area contributed by atoms with Crippen LogP contribution in [-0.2, 0) is 4.79 Å². The summed E-state index contributed by atoms with van der Waals surface area (Å²) in [5.74, 6) is 0.0784. The molecule has 1 aliphatic carbocycles. The van der Waals surface area contributed by atoms with Crippen LogP contribution in [0.5, 0.6) is 0 Å². The standard InChI is InChI=1S/C11H22N2O/c1-8(10(14)12-4)13-9-5-6-11(2,3)7-9/h8-9,13H,5-7H2,1-4H3,(H,12,14)/t8-,9?/m1/s1. The fourth-order valence-electron chi connectivity index (χ4n) is 2.22. The molecular weight excluding hydrogens is 176 g/mol. The van der Waals surface area contributed by atoms with Gasteiger partial charge in [0.15, 0.2) is 0 Å². The van der Waals surface area contributed by atoms with Gasteiger partial charge in [-0.3, -0.25) is 4.79 Å². The van der Waals surface area contributed by atoms with E-state index in [1.165, 1.54) is 19.3 Å². The van der Waals surface area contributed by atoms with E-state index in [0.717, 1.165) is 0 Å². The molecule has 0 spiro atoms. The van der Waals surface area contributed by atoms with Crippen molar-refractivity contribution in [2.45, 2.75) is 52.1 Å². The molecule has 3 heteroatoms. The van der Waals surface area contributed by atoms with Crippen LogP contribution in [0.25, 0.3) is 0 Å². The zero-order valence-electron chi connectivity index (χ0n) is 9.68. The first-order valence-electron chi connectivity index (χ1n) is 5.42. The smallest absolute Gasteiger partial charge is 0.236 e. The molecule has 1 aliphatic rings. The average molecular weight is 198 g/mol. The Morgan fingerprint density at radius 2 is 2.14 bits per heavy atom. The van der Waals surface area contributed by atoms with Gasteiger partial charge in [0.1, 0.15) is 0 Å². The second-order valence-corrected chi connectivity index (χ2v) is 5.11. The van der Waals surface area contributed by atoms with Gasteiger partial charge in [0.2, 0.25) is 5.91 Å². The summed E-state index contributed by atoms with van der Waals surface area (Å²) < 4.78 is 0. The fraction of sp³-hybridized carbons (Fsp3) is 0.909. The Hall–Kier alpha value is -0.570. The number of nitrogens with one attached hydrogen (secondary N) is 2. The molecule has 0 saturated heterocycles. The van der Waals surface area contributed by atoms with Gasteiger partial charge in [-0.25, -0.2) is 0 Å². The molecule has 0 radical (unpaired) electrons. The topological polar surface area (TPSA) is 41.1 Å². The molecule has 3 nitrogen and oxygen atoms in total. The van der Waals surface area contributed by atoms with Gasteiger partial charge < -0.3 is 10.6 Å². The maximum atomic E-state index is 11.3. The van der Waals surface area contributed by atoms with E-state index >= 15 is 0 Å². The maximum absolute atomic E-state index is 11.3. The van der Waals surface area contributed by atoms with Crippen molar-refractivity contribution in [2.75, 3.05) is 7.05 Å². The summed E-state index contributed by atoms with van der Waals surface area (Å²) >= 11 is 0. The summed E-state index contributed by atoms with van der Waals surface area (Å²) in [5.41, 5.74) is 0.445. The molecule has 82 valence electrons. The molecule has 14 heavy (non-hydrogen) atoms. The predicted octanol–water partition coefficient (Wildman–Crippen LogP) is 1.29. The van der Waals surface area contributed by atoms with E-state index in [4.69, 9.17) is 0 Å². The highest BCUT2D eigenvalue weighted by atomic mass is 16.2. The summed E-state index contributed by atoms with van der Waals surface area (Å²) in [6.45, 7) is 6.50. The Morgan fingerprint density at radius 1 is 1.50 bits per heavy atom. The van der Waals surface area contributed by atoms with Gasteiger partial charge in [-0.05, 0) is 31.6 Å². The number of hydrogen-bond donors (Lipinski definition) is 2. The molecule has 0 aromatic rings. The van der Waals surface area contributed by atoms with Crippen LogP contribution < -0.4 is 10.6 Å². The largest absolute Gasteiger partial charge is 0.358 e. The molecule has 1 amide bonds. The summed E-state index contributed by atoms with van der Waals surface area (Å²) in [4.78, 5) is 11.3. The monoisotopic (exact) mass is 198 g/mol. The zero-order chi connectivity index (χ0) is 10.8. The van der Waals surface area contributed by atoms with Crippen molar-refractivity contribution >= 4 is 5.91 Å². The van der Waals surface area contributed by atoms with Gasteiger partial charge in [-0.15, -0.1) is 0 Å². The molecule has 0 heterocycles. The maximum Gasteiger partial charge on any atom is 0.236 e. The summed E-state index contributed by atoms with van der Waals surface area (Å²) in [6.07, 6.45) is 3.62. The molecule has 1 fully saturated rings. The number of amides is 1. The van der Waals surface area contributed by atoms with E-state index < -0.39 is 0 Å². The third kappa shape index (κ3) is 2.98. The Morgan fingerprint density at radius 3 is 2.57 bits per heavy atom. The van der Waals surface area contributed by atoms with Gasteiger partial charge in [0.25, 0.3) is 0 Å². The lowest BCUT2D eigenvalue weighted by molar-refractivity contribution is -0.122. The summed E-state index contributed by atoms with van der Waals surface area (Å²) in [5, 5.41) is 6.03. The fourth-order valence-corrected chi connectivity index (χ4v) is 2.22. The highest BCUT2D eigenvalue weighted by Gasteiger charge is 2.31. The van der Waals surface area contributed by atoms with Crippen LogP contribution in [0, 0.1) is 5.41 Å². The van der Waals surface area contributed by atoms with Gasteiger partial charge in [0.05, 0.1) is 6.04 Å². The third-order valence-electron chi connectivity index (χ3n) is 3.09. The summed E-state index contributed by atoms with van der Waals surface area (Å²) in [6, 6.07) is 0.441. The molecule has 0 aliphatic heterocycles. The van der Waals surface area contributed by atoms with Crippen LogP contribution in [0.3, 0.4) is 0 Å². The molecule has 2 atom stereocenters. The first-order valence-corrected chi connectivity index (χ1v) is 5.42. The van der Waals surface area contributed by atoms with Gasteiger partial charge >= 0.3 is 0 Å². The molecule has 1 saturated carbocycles. The Labute approximate surface area is 86.6 Å². The van der Waals surface area contributed by atoms with E-state index in [0.29, 0.717) is 11.5 Å². The van der Waals surface area contributed by atoms with Crippen LogP contribution in [0.4, 0.5) is 0 Å². The second kappa shape index (κ2) is 4.30. The summed E-state index contributed by atoms with van der Waals surface area (Å²) in [7, 11) is 1.68. The van der Waals surface area contributed by atoms with Crippen LogP contribution in [0.1, 0.15) is 40.0 Å². The van der Waals surface area contributed by atoms with Crippen LogP contribution in [0.2, 0.25) is 0 Å². The lowest BCUT2D eigenvalue weighted by Gasteiger charge is -2.20. The molecule has 1 rings (SSSR count). The molecule has 0 bridgehead atoms. The lowest BCUT2D eigenvalue weighted by Crippen LogP contribution is -2.45. The van der Waals surface area contributed by atoms with Crippen molar-refractivity contribution in [1.29, 1.82) is 0 Å². The van der Waals surface area contributed by atoms with Gasteiger partial charge in [-0.2, -0.15) is 0 Å². The van der Waals surface area contributed by atoms with Crippen LogP contribution >= 0.6 is 0 Å². The van der Waals surface area contributed by atoms with Crippen molar-refractivity contribution in [3.63, 3.8) is 0 Å². The molecule has 2 N–H and O–H groups in total. The molecule has 0 aromatic heterocycles. The molecule has 1 unspecified atom stereocenters. The second-order valence-electron chi connectivity index (χ2n) is 5.11.